The minimum absolute atomic E-state index is 0.105. The van der Waals surface area contributed by atoms with Gasteiger partial charge in [-0.1, -0.05) is 32.0 Å². The van der Waals surface area contributed by atoms with Crippen molar-refractivity contribution in [2.75, 3.05) is 10.0 Å². The van der Waals surface area contributed by atoms with E-state index in [2.05, 4.69) is 23.9 Å². The maximum absolute atomic E-state index is 12.7. The zero-order valence-electron chi connectivity index (χ0n) is 19.5. The van der Waals surface area contributed by atoms with Gasteiger partial charge in [0.25, 0.3) is 15.9 Å². The molecular weight excluding hydrogens is 436 g/mol. The van der Waals surface area contributed by atoms with E-state index in [1.807, 2.05) is 44.2 Å². The van der Waals surface area contributed by atoms with E-state index in [1.165, 1.54) is 17.7 Å². The number of carbonyl (C=O) groups excluding carboxylic acids is 1. The van der Waals surface area contributed by atoms with Gasteiger partial charge < -0.3 is 10.1 Å². The third-order valence-corrected chi connectivity index (χ3v) is 6.82. The lowest BCUT2D eigenvalue weighted by molar-refractivity contribution is -0.122. The highest BCUT2D eigenvalue weighted by Crippen LogP contribution is 2.22. The number of carbonyl (C=O) groups is 1. The molecule has 6 nitrogen and oxygen atoms in total. The van der Waals surface area contributed by atoms with Gasteiger partial charge in [0.05, 0.1) is 4.90 Å². The Hall–Kier alpha value is -3.32. The molecule has 0 radical (unpaired) electrons. The Bertz CT molecular complexity index is 1220. The molecule has 0 saturated heterocycles. The number of hydrogen-bond acceptors (Lipinski definition) is 4. The molecule has 1 atom stereocenters. The summed E-state index contributed by atoms with van der Waals surface area (Å²) >= 11 is 0. The summed E-state index contributed by atoms with van der Waals surface area (Å²) in [5.41, 5.74) is 4.27. The predicted octanol–water partition coefficient (Wildman–Crippen LogP) is 5.63. The maximum Gasteiger partial charge on any atom is 0.265 e. The molecule has 7 heteroatoms. The van der Waals surface area contributed by atoms with E-state index >= 15 is 0 Å². The molecule has 1 amide bonds. The molecule has 0 heterocycles. The molecule has 174 valence electrons. The number of hydrogen-bond donors (Lipinski definition) is 2. The first-order chi connectivity index (χ1) is 15.5. The Morgan fingerprint density at radius 1 is 0.818 bits per heavy atom. The Balaban J connectivity index is 1.61. The highest BCUT2D eigenvalue weighted by atomic mass is 32.2. The number of aryl methyl sites for hydroxylation is 2. The van der Waals surface area contributed by atoms with Gasteiger partial charge in [0.2, 0.25) is 0 Å². The molecule has 33 heavy (non-hydrogen) atoms. The summed E-state index contributed by atoms with van der Waals surface area (Å²) in [6.07, 6.45) is -0.718. The molecule has 3 aromatic rings. The SMILES string of the molecule is Cc1ccc(NS(=O)(=O)c2ccc(NC(=O)C(C)Oc3ccc(C(C)C)cc3)cc2)cc1C. The van der Waals surface area contributed by atoms with Crippen molar-refractivity contribution in [2.24, 2.45) is 0 Å². The van der Waals surface area contributed by atoms with Crippen LogP contribution in [0.3, 0.4) is 0 Å². The fourth-order valence-electron chi connectivity index (χ4n) is 3.17. The molecule has 0 fully saturated rings. The first-order valence-corrected chi connectivity index (χ1v) is 12.3. The number of sulfonamides is 1. The number of nitrogens with one attached hydrogen (secondary N) is 2. The van der Waals surface area contributed by atoms with E-state index in [0.29, 0.717) is 23.0 Å². The van der Waals surface area contributed by atoms with Gasteiger partial charge in [-0.15, -0.1) is 0 Å². The molecule has 0 aromatic heterocycles. The van der Waals surface area contributed by atoms with Crippen LogP contribution in [0.15, 0.2) is 71.6 Å². The van der Waals surface area contributed by atoms with Crippen molar-refractivity contribution in [3.63, 3.8) is 0 Å². The van der Waals surface area contributed by atoms with Gasteiger partial charge in [-0.05, 0) is 91.9 Å². The van der Waals surface area contributed by atoms with Crippen molar-refractivity contribution in [3.8, 4) is 5.75 Å². The number of anilines is 2. The van der Waals surface area contributed by atoms with E-state index in [1.54, 1.807) is 31.2 Å². The molecule has 2 N–H and O–H groups in total. The number of rotatable bonds is 8. The first kappa shape index (κ1) is 24.3. The van der Waals surface area contributed by atoms with Crippen LogP contribution in [0.5, 0.6) is 5.75 Å². The van der Waals surface area contributed by atoms with E-state index in [4.69, 9.17) is 4.74 Å². The van der Waals surface area contributed by atoms with Crippen molar-refractivity contribution in [1.29, 1.82) is 0 Å². The zero-order chi connectivity index (χ0) is 24.2. The van der Waals surface area contributed by atoms with Crippen molar-refractivity contribution in [3.05, 3.63) is 83.4 Å². The summed E-state index contributed by atoms with van der Waals surface area (Å²) < 4.78 is 33.7. The molecule has 1 unspecified atom stereocenters. The monoisotopic (exact) mass is 466 g/mol. The fraction of sp³-hybridized carbons (Fsp3) is 0.269. The molecule has 0 aliphatic rings. The summed E-state index contributed by atoms with van der Waals surface area (Å²) in [7, 11) is -3.74. The fourth-order valence-corrected chi connectivity index (χ4v) is 4.22. The topological polar surface area (TPSA) is 84.5 Å². The first-order valence-electron chi connectivity index (χ1n) is 10.8. The van der Waals surface area contributed by atoms with Gasteiger partial charge in [-0.3, -0.25) is 9.52 Å². The minimum Gasteiger partial charge on any atom is -0.481 e. The zero-order valence-corrected chi connectivity index (χ0v) is 20.4. The average molecular weight is 467 g/mol. The van der Waals surface area contributed by atoms with Crippen LogP contribution in [-0.4, -0.2) is 20.4 Å². The summed E-state index contributed by atoms with van der Waals surface area (Å²) in [6, 6.07) is 19.1. The lowest BCUT2D eigenvalue weighted by Gasteiger charge is -2.16. The van der Waals surface area contributed by atoms with Crippen molar-refractivity contribution in [2.45, 2.75) is 51.5 Å². The average Bonchev–Trinajstić information content (AvgIpc) is 2.77. The van der Waals surface area contributed by atoms with E-state index in [0.717, 1.165) is 11.1 Å². The third kappa shape index (κ3) is 6.35. The maximum atomic E-state index is 12.7. The van der Waals surface area contributed by atoms with Crippen molar-refractivity contribution < 1.29 is 17.9 Å². The second-order valence-electron chi connectivity index (χ2n) is 8.40. The third-order valence-electron chi connectivity index (χ3n) is 5.42. The van der Waals surface area contributed by atoms with Crippen LogP contribution in [-0.2, 0) is 14.8 Å². The van der Waals surface area contributed by atoms with Crippen LogP contribution in [0.25, 0.3) is 0 Å². The van der Waals surface area contributed by atoms with Gasteiger partial charge >= 0.3 is 0 Å². The van der Waals surface area contributed by atoms with Gasteiger partial charge in [0.1, 0.15) is 5.75 Å². The van der Waals surface area contributed by atoms with Gasteiger partial charge in [-0.25, -0.2) is 8.42 Å². The Labute approximate surface area is 196 Å². The number of ether oxygens (including phenoxy) is 1. The summed E-state index contributed by atoms with van der Waals surface area (Å²) in [5.74, 6) is 0.704. The summed E-state index contributed by atoms with van der Waals surface area (Å²) in [5, 5.41) is 2.75. The van der Waals surface area contributed by atoms with Gasteiger partial charge in [0, 0.05) is 11.4 Å². The Morgan fingerprint density at radius 3 is 2.00 bits per heavy atom. The molecule has 3 aromatic carbocycles. The van der Waals surface area contributed by atoms with E-state index < -0.39 is 16.1 Å². The van der Waals surface area contributed by atoms with Crippen LogP contribution >= 0.6 is 0 Å². The van der Waals surface area contributed by atoms with Crippen LogP contribution in [0.1, 0.15) is 43.4 Å². The van der Waals surface area contributed by atoms with E-state index in [9.17, 15) is 13.2 Å². The van der Waals surface area contributed by atoms with Crippen LogP contribution < -0.4 is 14.8 Å². The Morgan fingerprint density at radius 2 is 1.42 bits per heavy atom. The molecule has 3 rings (SSSR count). The van der Waals surface area contributed by atoms with E-state index in [-0.39, 0.29) is 10.8 Å². The predicted molar refractivity (Wildman–Crippen MR) is 132 cm³/mol. The lowest BCUT2D eigenvalue weighted by Crippen LogP contribution is -2.30. The number of amides is 1. The standard InChI is InChI=1S/C26H30N2O4S/c1-17(2)21-7-12-24(13-8-21)32-20(5)26(29)27-22-10-14-25(15-11-22)33(30,31)28-23-9-6-18(3)19(4)16-23/h6-17,20,28H,1-5H3,(H,27,29). The normalized spacial score (nSPS) is 12.3. The van der Waals surface area contributed by atoms with Crippen LogP contribution in [0.4, 0.5) is 11.4 Å². The highest BCUT2D eigenvalue weighted by molar-refractivity contribution is 7.92. The molecule has 0 bridgehead atoms. The lowest BCUT2D eigenvalue weighted by atomic mass is 10.0. The van der Waals surface area contributed by atoms with Gasteiger partial charge in [0.15, 0.2) is 6.10 Å². The molecule has 0 aliphatic carbocycles. The smallest absolute Gasteiger partial charge is 0.265 e. The molecular formula is C26H30N2O4S. The quantitative estimate of drug-likeness (QED) is 0.450. The second kappa shape index (κ2) is 10.1. The highest BCUT2D eigenvalue weighted by Gasteiger charge is 2.17. The van der Waals surface area contributed by atoms with Gasteiger partial charge in [-0.2, -0.15) is 0 Å². The van der Waals surface area contributed by atoms with Crippen molar-refractivity contribution >= 4 is 27.3 Å². The minimum atomic E-state index is -3.74. The molecule has 0 aliphatic heterocycles. The van der Waals surface area contributed by atoms with Crippen LogP contribution in [0.2, 0.25) is 0 Å². The largest absolute Gasteiger partial charge is 0.481 e. The summed E-state index contributed by atoms with van der Waals surface area (Å²) in [6.45, 7) is 9.78. The van der Waals surface area contributed by atoms with Crippen molar-refractivity contribution in [1.82, 2.24) is 0 Å². The second-order valence-corrected chi connectivity index (χ2v) is 10.1. The molecule has 0 spiro atoms. The van der Waals surface area contributed by atoms with Crippen LogP contribution in [0, 0.1) is 13.8 Å². The Kier molecular flexibility index (Phi) is 7.43. The molecule has 0 saturated carbocycles. The number of benzene rings is 3. The summed E-state index contributed by atoms with van der Waals surface area (Å²) in [4.78, 5) is 12.6.